The van der Waals surface area contributed by atoms with E-state index in [0.717, 1.165) is 22.3 Å². The van der Waals surface area contributed by atoms with Gasteiger partial charge in [-0.15, -0.1) is 0 Å². The first-order valence-corrected chi connectivity index (χ1v) is 17.1. The third kappa shape index (κ3) is 6.86. The fraction of sp³-hybridized carbons (Fsp3) is 0.441. The molecule has 2 aliphatic rings. The van der Waals surface area contributed by atoms with Crippen molar-refractivity contribution in [3.05, 3.63) is 76.3 Å². The van der Waals surface area contributed by atoms with Crippen LogP contribution in [0.25, 0.3) is 22.3 Å². The summed E-state index contributed by atoms with van der Waals surface area (Å²) in [4.78, 5) is 37.3. The smallest absolute Gasteiger partial charge is 0.414 e. The summed E-state index contributed by atoms with van der Waals surface area (Å²) in [6.45, 7) is 8.47. The molecule has 4 atom stereocenters. The van der Waals surface area contributed by atoms with Gasteiger partial charge in [0.2, 0.25) is 5.95 Å². The van der Waals surface area contributed by atoms with Crippen molar-refractivity contribution in [1.29, 1.82) is 5.26 Å². The van der Waals surface area contributed by atoms with Crippen molar-refractivity contribution in [3.8, 4) is 17.2 Å². The van der Waals surface area contributed by atoms with Crippen LogP contribution in [0.5, 0.6) is 0 Å². The molecule has 1 saturated heterocycles. The van der Waals surface area contributed by atoms with Gasteiger partial charge in [-0.2, -0.15) is 10.2 Å². The summed E-state index contributed by atoms with van der Waals surface area (Å²) in [5.41, 5.74) is 4.13. The molecule has 0 bridgehead atoms. The number of hydrogen-bond donors (Lipinski definition) is 2. The maximum absolute atomic E-state index is 13.0. The van der Waals surface area contributed by atoms with E-state index in [2.05, 4.69) is 70.8 Å². The summed E-state index contributed by atoms with van der Waals surface area (Å²) in [6, 6.07) is 18.4. The van der Waals surface area contributed by atoms with E-state index < -0.39 is 38.6 Å². The van der Waals surface area contributed by atoms with Gasteiger partial charge in [0.1, 0.15) is 12.8 Å². The number of carbonyl (C=O) groups is 1. The molecule has 14 heteroatoms. The number of aromatic amines is 1. The molecule has 1 amide bonds. The molecule has 1 aliphatic carbocycles. The van der Waals surface area contributed by atoms with E-state index in [1.165, 1.54) is 6.33 Å². The highest BCUT2D eigenvalue weighted by Crippen LogP contribution is 2.50. The first kappa shape index (κ1) is 32.4. The topological polar surface area (TPSA) is 157 Å². The van der Waals surface area contributed by atoms with Gasteiger partial charge in [-0.1, -0.05) is 48.5 Å². The second-order valence-electron chi connectivity index (χ2n) is 12.2. The number of benzene rings is 2. The number of carbonyl (C=O) groups excluding carboxylic acids is 1. The predicted octanol–water partition coefficient (Wildman–Crippen LogP) is 6.45. The van der Waals surface area contributed by atoms with Crippen molar-refractivity contribution in [2.45, 2.75) is 83.9 Å². The number of nitriles is 1. The van der Waals surface area contributed by atoms with E-state index in [-0.39, 0.29) is 61.6 Å². The van der Waals surface area contributed by atoms with E-state index in [4.69, 9.17) is 25.2 Å². The van der Waals surface area contributed by atoms with Crippen LogP contribution in [0.4, 0.5) is 10.7 Å². The molecule has 2 N–H and O–H groups in total. The van der Waals surface area contributed by atoms with E-state index in [1.54, 1.807) is 4.57 Å². The van der Waals surface area contributed by atoms with Gasteiger partial charge in [0.05, 0.1) is 37.6 Å². The molecular weight excluding hydrogens is 633 g/mol. The fourth-order valence-corrected chi connectivity index (χ4v) is 8.08. The van der Waals surface area contributed by atoms with Crippen LogP contribution in [0.1, 0.15) is 72.1 Å². The van der Waals surface area contributed by atoms with E-state index in [1.807, 2.05) is 36.4 Å². The van der Waals surface area contributed by atoms with Crippen molar-refractivity contribution < 1.29 is 24.7 Å². The molecule has 1 aliphatic heterocycles. The van der Waals surface area contributed by atoms with Gasteiger partial charge < -0.3 is 18.5 Å². The molecule has 1 fully saturated rings. The molecule has 252 valence electrons. The normalized spacial score (nSPS) is 19.8. The number of imidazole rings is 1. The second-order valence-corrected chi connectivity index (χ2v) is 13.7. The summed E-state index contributed by atoms with van der Waals surface area (Å²) in [6.07, 6.45) is -0.487. The highest BCUT2D eigenvalue weighted by molar-refractivity contribution is 7.44. The lowest BCUT2D eigenvalue weighted by molar-refractivity contribution is -0.00493. The van der Waals surface area contributed by atoms with Crippen molar-refractivity contribution in [2.75, 3.05) is 18.5 Å². The minimum atomic E-state index is -1.56. The molecule has 0 radical (unpaired) electrons. The van der Waals surface area contributed by atoms with Gasteiger partial charge in [-0.05, 0) is 56.8 Å². The molecule has 2 unspecified atom stereocenters. The van der Waals surface area contributed by atoms with Crippen LogP contribution in [0.3, 0.4) is 0 Å². The first-order chi connectivity index (χ1) is 23.7. The Kier molecular flexibility index (Phi) is 9.79. The van der Waals surface area contributed by atoms with Crippen LogP contribution in [0.15, 0.2) is 59.7 Å². The standard InChI is InChI=1S/C34H40N7O6P/c1-20(2)41(21(3)4)48(45-16-10-15-35)47-28-17-29(46-22(28)5)40-19-36-30-31(40)37-33(38-32(30)42)39-34(43)44-18-27-25-13-8-6-11-23(25)24-12-7-9-14-26(24)27/h6-9,11-14,19-22,27-29H,10,16-18H2,1-5H3,(H2,37,38,39,42,43)/t22-,28?,29-,48?/m1/s1/i5D. The molecule has 4 aromatic rings. The van der Waals surface area contributed by atoms with E-state index >= 15 is 0 Å². The number of rotatable bonds is 12. The highest BCUT2D eigenvalue weighted by Gasteiger charge is 2.40. The minimum Gasteiger partial charge on any atom is -0.448 e. The predicted molar refractivity (Wildman–Crippen MR) is 181 cm³/mol. The van der Waals surface area contributed by atoms with Crippen LogP contribution >= 0.6 is 8.53 Å². The quantitative estimate of drug-likeness (QED) is 0.126. The average Bonchev–Trinajstić information content (AvgIpc) is 3.77. The average molecular weight is 675 g/mol. The molecule has 48 heavy (non-hydrogen) atoms. The molecule has 2 aromatic heterocycles. The first-order valence-electron chi connectivity index (χ1n) is 16.7. The number of hydrogen-bond acceptors (Lipinski definition) is 10. The number of nitrogens with zero attached hydrogens (tertiary/aromatic N) is 5. The molecular formula is C34H40N7O6P. The third-order valence-corrected chi connectivity index (χ3v) is 10.5. The van der Waals surface area contributed by atoms with Gasteiger partial charge in [-0.25, -0.2) is 14.4 Å². The second kappa shape index (κ2) is 14.5. The van der Waals surface area contributed by atoms with Crippen molar-refractivity contribution in [3.63, 3.8) is 0 Å². The van der Waals surface area contributed by atoms with Gasteiger partial charge in [-0.3, -0.25) is 19.7 Å². The Morgan fingerprint density at radius 3 is 2.52 bits per heavy atom. The van der Waals surface area contributed by atoms with Gasteiger partial charge >= 0.3 is 6.09 Å². The SMILES string of the molecule is [2H]C[C@H]1O[C@@H](n2cnc3c(=O)[nH]c(NC(=O)OCC4c5ccccc5-c5ccccc54)nc32)CC1OP(OCCC#N)N(C(C)C)C(C)C. The number of ether oxygens (including phenoxy) is 2. The Balaban J connectivity index is 1.17. The largest absolute Gasteiger partial charge is 0.448 e. The number of H-pyrrole nitrogens is 1. The van der Waals surface area contributed by atoms with Crippen molar-refractivity contribution >= 4 is 31.7 Å². The lowest BCUT2D eigenvalue weighted by Crippen LogP contribution is -2.35. The number of nitrogens with one attached hydrogen (secondary N) is 2. The monoisotopic (exact) mass is 674 g/mol. The fourth-order valence-electron chi connectivity index (χ4n) is 6.32. The minimum absolute atomic E-state index is 0.0683. The molecule has 2 aromatic carbocycles. The zero-order valence-electron chi connectivity index (χ0n) is 28.3. The van der Waals surface area contributed by atoms with Crippen LogP contribution in [0, 0.1) is 11.3 Å². The molecule has 13 nitrogen and oxygen atoms in total. The maximum Gasteiger partial charge on any atom is 0.414 e. The number of amides is 1. The van der Waals surface area contributed by atoms with Gasteiger partial charge in [0.25, 0.3) is 14.1 Å². The van der Waals surface area contributed by atoms with Gasteiger partial charge in [0.15, 0.2) is 11.2 Å². The number of aromatic nitrogens is 4. The highest BCUT2D eigenvalue weighted by atomic mass is 31.2. The third-order valence-electron chi connectivity index (χ3n) is 8.38. The van der Waals surface area contributed by atoms with Crippen molar-refractivity contribution in [2.24, 2.45) is 0 Å². The van der Waals surface area contributed by atoms with E-state index in [0.29, 0.717) is 6.42 Å². The summed E-state index contributed by atoms with van der Waals surface area (Å²) in [5.74, 6) is -0.224. The van der Waals surface area contributed by atoms with Crippen molar-refractivity contribution in [1.82, 2.24) is 24.2 Å². The Hall–Kier alpha value is -4.18. The van der Waals surface area contributed by atoms with Crippen LogP contribution < -0.4 is 10.9 Å². The Morgan fingerprint density at radius 2 is 1.88 bits per heavy atom. The Morgan fingerprint density at radius 1 is 1.19 bits per heavy atom. The Bertz CT molecular complexity index is 1840. The lowest BCUT2D eigenvalue weighted by atomic mass is 9.98. The molecule has 0 spiro atoms. The maximum atomic E-state index is 13.0. The van der Waals surface area contributed by atoms with Crippen LogP contribution in [-0.4, -0.2) is 67.8 Å². The number of anilines is 1. The zero-order chi connectivity index (χ0) is 34.7. The molecule has 6 rings (SSSR count). The van der Waals surface area contributed by atoms with Gasteiger partial charge in [0, 0.05) is 25.8 Å². The molecule has 3 heterocycles. The molecule has 0 saturated carbocycles. The summed E-state index contributed by atoms with van der Waals surface area (Å²) in [7, 11) is -1.56. The summed E-state index contributed by atoms with van der Waals surface area (Å²) >= 11 is 0. The van der Waals surface area contributed by atoms with Crippen LogP contribution in [-0.2, 0) is 18.5 Å². The lowest BCUT2D eigenvalue weighted by Gasteiger charge is -2.37. The summed E-state index contributed by atoms with van der Waals surface area (Å²) in [5, 5.41) is 11.6. The summed E-state index contributed by atoms with van der Waals surface area (Å²) < 4.78 is 36.4. The van der Waals surface area contributed by atoms with E-state index in [9.17, 15) is 9.59 Å². The van der Waals surface area contributed by atoms with Crippen LogP contribution in [0.2, 0.25) is 0 Å². The number of fused-ring (bicyclic) bond motifs is 4. The Labute approximate surface area is 281 Å². The zero-order valence-corrected chi connectivity index (χ0v) is 28.2.